The minimum Gasteiger partial charge on any atom is -0.482 e. The summed E-state index contributed by atoms with van der Waals surface area (Å²) in [6, 6.07) is 6.07. The number of pyridine rings is 1. The fraction of sp³-hybridized carbons (Fsp3) is 0.400. The zero-order chi connectivity index (χ0) is 26.8. The van der Waals surface area contributed by atoms with E-state index in [-0.39, 0.29) is 22.1 Å². The second-order valence-corrected chi connectivity index (χ2v) is 9.27. The Labute approximate surface area is 215 Å². The average molecular weight is 533 g/mol. The first-order chi connectivity index (χ1) is 18.3. The van der Waals surface area contributed by atoms with Gasteiger partial charge < -0.3 is 25.0 Å². The number of anilines is 2. The van der Waals surface area contributed by atoms with Crippen molar-refractivity contribution in [1.29, 1.82) is 0 Å². The summed E-state index contributed by atoms with van der Waals surface area (Å²) >= 11 is 0. The third-order valence-corrected chi connectivity index (χ3v) is 6.63. The normalized spacial score (nSPS) is 18.1. The topological polar surface area (TPSA) is 114 Å². The Morgan fingerprint density at radius 3 is 2.71 bits per heavy atom. The van der Waals surface area contributed by atoms with Gasteiger partial charge in [-0.3, -0.25) is 19.3 Å². The second kappa shape index (κ2) is 10.8. The fourth-order valence-electron chi connectivity index (χ4n) is 4.57. The standard InChI is InChI=1S/C25H27F3N6O4/c1-33-11-7-15(8-12-33)37-23-20-19(6-9-29-21(20)31-32-23)38-18-5-4-14(13-17(18)26)30-22(35)16-3-2-10-34(24(16)36)25(27)28/h2-5,10,13,15,19,25H,6-9,11-12H2,1H3,(H,30,35)(H2,29,31,32). The number of likely N-dealkylation sites (tertiary alicyclic amines) is 1. The SMILES string of the molecule is CN1CCC(Oc2n[nH]c3c2C(Oc2ccc(NC(=O)c4cccn(C(F)F)c4=O)cc2F)CCN3)CC1. The molecule has 0 aliphatic carbocycles. The Balaban J connectivity index is 1.29. The van der Waals surface area contributed by atoms with Crippen LogP contribution in [0, 0.1) is 5.82 Å². The Morgan fingerprint density at radius 1 is 1.18 bits per heavy atom. The number of halogens is 3. The van der Waals surface area contributed by atoms with Crippen molar-refractivity contribution in [3.8, 4) is 11.6 Å². The molecule has 4 heterocycles. The largest absolute Gasteiger partial charge is 0.482 e. The zero-order valence-electron chi connectivity index (χ0n) is 20.5. The van der Waals surface area contributed by atoms with Gasteiger partial charge in [-0.25, -0.2) is 4.39 Å². The lowest BCUT2D eigenvalue weighted by atomic mass is 10.0. The molecule has 10 nitrogen and oxygen atoms in total. The first-order valence-electron chi connectivity index (χ1n) is 12.2. The van der Waals surface area contributed by atoms with Crippen molar-refractivity contribution in [2.75, 3.05) is 37.3 Å². The van der Waals surface area contributed by atoms with Crippen molar-refractivity contribution in [2.45, 2.75) is 38.0 Å². The third-order valence-electron chi connectivity index (χ3n) is 6.63. The minimum atomic E-state index is -3.09. The van der Waals surface area contributed by atoms with E-state index in [1.165, 1.54) is 12.1 Å². The maximum Gasteiger partial charge on any atom is 0.321 e. The lowest BCUT2D eigenvalue weighted by Gasteiger charge is -2.30. The first kappa shape index (κ1) is 25.6. The number of alkyl halides is 2. The molecule has 1 unspecified atom stereocenters. The molecule has 13 heteroatoms. The van der Waals surface area contributed by atoms with Crippen LogP contribution >= 0.6 is 0 Å². The molecule has 0 bridgehead atoms. The van der Waals surface area contributed by atoms with Gasteiger partial charge in [-0.1, -0.05) is 0 Å². The number of hydrogen-bond donors (Lipinski definition) is 3. The summed E-state index contributed by atoms with van der Waals surface area (Å²) in [4.78, 5) is 26.9. The van der Waals surface area contributed by atoms with Crippen LogP contribution in [0.2, 0.25) is 0 Å². The van der Waals surface area contributed by atoms with Crippen LogP contribution in [0.3, 0.4) is 0 Å². The van der Waals surface area contributed by atoms with E-state index in [1.54, 1.807) is 0 Å². The highest BCUT2D eigenvalue weighted by Crippen LogP contribution is 2.39. The number of aromatic nitrogens is 3. The number of fused-ring (bicyclic) bond motifs is 1. The summed E-state index contributed by atoms with van der Waals surface area (Å²) in [5, 5.41) is 12.8. The monoisotopic (exact) mass is 532 g/mol. The fourth-order valence-corrected chi connectivity index (χ4v) is 4.57. The molecule has 5 rings (SSSR count). The number of carbonyl (C=O) groups is 1. The number of ether oxygens (including phenoxy) is 2. The number of rotatable bonds is 7. The molecule has 38 heavy (non-hydrogen) atoms. The molecule has 1 fully saturated rings. The van der Waals surface area contributed by atoms with Gasteiger partial charge in [-0.15, -0.1) is 5.10 Å². The Morgan fingerprint density at radius 2 is 1.97 bits per heavy atom. The van der Waals surface area contributed by atoms with Gasteiger partial charge in [0.25, 0.3) is 11.5 Å². The molecular formula is C25H27F3N6O4. The van der Waals surface area contributed by atoms with E-state index in [0.29, 0.717) is 30.2 Å². The van der Waals surface area contributed by atoms with Crippen molar-refractivity contribution in [3.63, 3.8) is 0 Å². The quantitative estimate of drug-likeness (QED) is 0.425. The molecule has 0 spiro atoms. The number of nitrogens with one attached hydrogen (secondary N) is 3. The summed E-state index contributed by atoms with van der Waals surface area (Å²) in [5.74, 6) is -0.649. The third kappa shape index (κ3) is 5.32. The molecule has 2 aliphatic heterocycles. The van der Waals surface area contributed by atoms with Crippen LogP contribution in [-0.4, -0.2) is 58.4 Å². The van der Waals surface area contributed by atoms with Crippen molar-refractivity contribution in [2.24, 2.45) is 0 Å². The number of aromatic amines is 1. The van der Waals surface area contributed by atoms with E-state index in [4.69, 9.17) is 9.47 Å². The van der Waals surface area contributed by atoms with Gasteiger partial charge in [0.15, 0.2) is 11.6 Å². The predicted octanol–water partition coefficient (Wildman–Crippen LogP) is 3.77. The maximum atomic E-state index is 15.0. The Kier molecular flexibility index (Phi) is 7.27. The van der Waals surface area contributed by atoms with Crippen LogP contribution < -0.4 is 25.7 Å². The van der Waals surface area contributed by atoms with Crippen LogP contribution in [0.5, 0.6) is 11.6 Å². The smallest absolute Gasteiger partial charge is 0.321 e. The van der Waals surface area contributed by atoms with Crippen LogP contribution in [0.15, 0.2) is 41.3 Å². The highest BCUT2D eigenvalue weighted by atomic mass is 19.3. The van der Waals surface area contributed by atoms with Gasteiger partial charge >= 0.3 is 6.55 Å². The molecule has 1 saturated heterocycles. The molecule has 3 aromatic rings. The molecular weight excluding hydrogens is 505 g/mol. The van der Waals surface area contributed by atoms with Crippen LogP contribution in [-0.2, 0) is 0 Å². The van der Waals surface area contributed by atoms with Gasteiger partial charge in [0.2, 0.25) is 5.88 Å². The molecule has 2 aromatic heterocycles. The van der Waals surface area contributed by atoms with E-state index in [2.05, 4.69) is 32.8 Å². The van der Waals surface area contributed by atoms with E-state index >= 15 is 4.39 Å². The zero-order valence-corrected chi connectivity index (χ0v) is 20.5. The lowest BCUT2D eigenvalue weighted by molar-refractivity contribution is 0.0659. The van der Waals surface area contributed by atoms with Gasteiger partial charge in [0.05, 0.1) is 5.56 Å². The predicted molar refractivity (Wildman–Crippen MR) is 133 cm³/mol. The van der Waals surface area contributed by atoms with Crippen LogP contribution in [0.4, 0.5) is 24.7 Å². The molecule has 1 atom stereocenters. The van der Waals surface area contributed by atoms with E-state index in [0.717, 1.165) is 50.3 Å². The van der Waals surface area contributed by atoms with Crippen LogP contribution in [0.25, 0.3) is 0 Å². The van der Waals surface area contributed by atoms with Gasteiger partial charge in [-0.2, -0.15) is 8.78 Å². The summed E-state index contributed by atoms with van der Waals surface area (Å²) in [6.07, 6.45) is 2.66. The highest BCUT2D eigenvalue weighted by molar-refractivity contribution is 6.04. The van der Waals surface area contributed by atoms with E-state index in [9.17, 15) is 18.4 Å². The molecule has 0 radical (unpaired) electrons. The molecule has 2 aliphatic rings. The summed E-state index contributed by atoms with van der Waals surface area (Å²) < 4.78 is 53.3. The maximum absolute atomic E-state index is 15.0. The Bertz CT molecular complexity index is 1370. The van der Waals surface area contributed by atoms with Crippen molar-refractivity contribution in [1.82, 2.24) is 19.7 Å². The number of amides is 1. The highest BCUT2D eigenvalue weighted by Gasteiger charge is 2.31. The number of piperidine rings is 1. The van der Waals surface area contributed by atoms with Gasteiger partial charge in [0.1, 0.15) is 23.6 Å². The van der Waals surface area contributed by atoms with Crippen molar-refractivity contribution < 1.29 is 27.4 Å². The number of benzene rings is 1. The molecule has 0 saturated carbocycles. The first-order valence-corrected chi connectivity index (χ1v) is 12.2. The number of hydrogen-bond acceptors (Lipinski definition) is 7. The van der Waals surface area contributed by atoms with Gasteiger partial charge in [0, 0.05) is 44.0 Å². The molecule has 202 valence electrons. The number of H-pyrrole nitrogens is 1. The Hall–Kier alpha value is -4.00. The summed E-state index contributed by atoms with van der Waals surface area (Å²) in [5.41, 5.74) is -0.924. The summed E-state index contributed by atoms with van der Waals surface area (Å²) in [6.45, 7) is -0.659. The molecule has 1 amide bonds. The second-order valence-electron chi connectivity index (χ2n) is 9.27. The van der Waals surface area contributed by atoms with Gasteiger partial charge in [-0.05, 0) is 44.2 Å². The lowest BCUT2D eigenvalue weighted by Crippen LogP contribution is -2.36. The average Bonchev–Trinajstić information content (AvgIpc) is 3.30. The molecule has 1 aromatic carbocycles. The van der Waals surface area contributed by atoms with Crippen molar-refractivity contribution >= 4 is 17.4 Å². The minimum absolute atomic E-state index is 0.0234. The summed E-state index contributed by atoms with van der Waals surface area (Å²) in [7, 11) is 2.07. The van der Waals surface area contributed by atoms with Crippen LogP contribution in [0.1, 0.15) is 47.8 Å². The number of carbonyl (C=O) groups excluding carboxylic acids is 1. The van der Waals surface area contributed by atoms with E-state index in [1.807, 2.05) is 0 Å². The number of nitrogens with zero attached hydrogens (tertiary/aromatic N) is 3. The van der Waals surface area contributed by atoms with Crippen molar-refractivity contribution in [3.05, 3.63) is 63.8 Å². The van der Waals surface area contributed by atoms with E-state index < -0.39 is 35.5 Å². The molecule has 3 N–H and O–H groups in total.